The average Bonchev–Trinajstić information content (AvgIpc) is 2.37. The van der Waals surface area contributed by atoms with Gasteiger partial charge in [0.25, 0.3) is 0 Å². The maximum atomic E-state index is 11.8. The molecule has 2 N–H and O–H groups in total. The zero-order chi connectivity index (χ0) is 14.3. The molecule has 1 rings (SSSR count). The van der Waals surface area contributed by atoms with Gasteiger partial charge in [-0.25, -0.2) is 9.59 Å². The van der Waals surface area contributed by atoms with Crippen molar-refractivity contribution in [2.24, 2.45) is 0 Å². The lowest BCUT2D eigenvalue weighted by atomic mass is 10.2. The zero-order valence-corrected chi connectivity index (χ0v) is 11.6. The summed E-state index contributed by atoms with van der Waals surface area (Å²) >= 11 is 0. The summed E-state index contributed by atoms with van der Waals surface area (Å²) in [7, 11) is 0. The first kappa shape index (κ1) is 15.7. The van der Waals surface area contributed by atoms with E-state index in [1.807, 2.05) is 0 Å². The summed E-state index contributed by atoms with van der Waals surface area (Å²) in [4.78, 5) is 26.1. The van der Waals surface area contributed by atoms with Crippen LogP contribution in [0.25, 0.3) is 0 Å². The standard InChI is InChI=1S/C12H23N3O4/c1-10(2)14-4-6-15(7-5-14)12(18)13-3-8-19-9-11(16)17/h10H,3-9H2,1-2H3,(H,13,18)(H,16,17). The van der Waals surface area contributed by atoms with Crippen molar-refractivity contribution in [3.05, 3.63) is 0 Å². The van der Waals surface area contributed by atoms with Crippen molar-refractivity contribution in [2.75, 3.05) is 45.9 Å². The molecule has 1 aliphatic rings. The lowest BCUT2D eigenvalue weighted by Crippen LogP contribution is -2.53. The van der Waals surface area contributed by atoms with Crippen LogP contribution in [0.15, 0.2) is 0 Å². The third-order valence-corrected chi connectivity index (χ3v) is 3.08. The van der Waals surface area contributed by atoms with Gasteiger partial charge in [-0.15, -0.1) is 0 Å². The Morgan fingerprint density at radius 1 is 1.26 bits per heavy atom. The average molecular weight is 273 g/mol. The molecule has 0 aromatic heterocycles. The van der Waals surface area contributed by atoms with Gasteiger partial charge in [0.15, 0.2) is 0 Å². The molecule has 7 heteroatoms. The van der Waals surface area contributed by atoms with E-state index < -0.39 is 5.97 Å². The van der Waals surface area contributed by atoms with Crippen LogP contribution >= 0.6 is 0 Å². The fourth-order valence-electron chi connectivity index (χ4n) is 1.94. The van der Waals surface area contributed by atoms with Gasteiger partial charge in [0.2, 0.25) is 0 Å². The Hall–Kier alpha value is -1.34. The number of carbonyl (C=O) groups excluding carboxylic acids is 1. The van der Waals surface area contributed by atoms with Gasteiger partial charge in [0.05, 0.1) is 6.61 Å². The number of hydrogen-bond donors (Lipinski definition) is 2. The van der Waals surface area contributed by atoms with Gasteiger partial charge in [0, 0.05) is 38.8 Å². The van der Waals surface area contributed by atoms with Gasteiger partial charge in [0.1, 0.15) is 6.61 Å². The number of aliphatic carboxylic acids is 1. The van der Waals surface area contributed by atoms with E-state index in [1.165, 1.54) is 0 Å². The van der Waals surface area contributed by atoms with Crippen molar-refractivity contribution in [2.45, 2.75) is 19.9 Å². The molecule has 0 atom stereocenters. The largest absolute Gasteiger partial charge is 0.480 e. The molecule has 0 aromatic carbocycles. The maximum Gasteiger partial charge on any atom is 0.329 e. The predicted molar refractivity (Wildman–Crippen MR) is 70.1 cm³/mol. The second-order valence-corrected chi connectivity index (χ2v) is 4.80. The lowest BCUT2D eigenvalue weighted by Gasteiger charge is -2.36. The molecule has 0 spiro atoms. The van der Waals surface area contributed by atoms with Crippen molar-refractivity contribution in [3.8, 4) is 0 Å². The first-order valence-corrected chi connectivity index (χ1v) is 6.57. The third kappa shape index (κ3) is 5.89. The van der Waals surface area contributed by atoms with Gasteiger partial charge in [-0.05, 0) is 13.8 Å². The van der Waals surface area contributed by atoms with Crippen LogP contribution in [0.3, 0.4) is 0 Å². The van der Waals surface area contributed by atoms with E-state index in [2.05, 4.69) is 24.1 Å². The number of ether oxygens (including phenoxy) is 1. The van der Waals surface area contributed by atoms with Crippen LogP contribution in [0.5, 0.6) is 0 Å². The van der Waals surface area contributed by atoms with Crippen LogP contribution in [-0.4, -0.2) is 78.9 Å². The minimum absolute atomic E-state index is 0.109. The van der Waals surface area contributed by atoms with Gasteiger partial charge in [-0.3, -0.25) is 4.90 Å². The predicted octanol–water partition coefficient (Wildman–Crippen LogP) is -0.177. The molecule has 1 fully saturated rings. The molecule has 110 valence electrons. The van der Waals surface area contributed by atoms with Crippen LogP contribution in [0, 0.1) is 0 Å². The Kier molecular flexibility index (Phi) is 6.58. The maximum absolute atomic E-state index is 11.8. The van der Waals surface area contributed by atoms with Crippen molar-refractivity contribution >= 4 is 12.0 Å². The summed E-state index contributed by atoms with van der Waals surface area (Å²) in [6.07, 6.45) is 0. The molecule has 0 bridgehead atoms. The molecule has 1 heterocycles. The number of amides is 2. The minimum Gasteiger partial charge on any atom is -0.480 e. The van der Waals surface area contributed by atoms with Gasteiger partial charge >= 0.3 is 12.0 Å². The molecule has 1 saturated heterocycles. The van der Waals surface area contributed by atoms with Crippen molar-refractivity contribution in [1.82, 2.24) is 15.1 Å². The van der Waals surface area contributed by atoms with Gasteiger partial charge in [-0.2, -0.15) is 0 Å². The van der Waals surface area contributed by atoms with E-state index in [0.717, 1.165) is 26.2 Å². The first-order chi connectivity index (χ1) is 9.00. The summed E-state index contributed by atoms with van der Waals surface area (Å²) in [5, 5.41) is 11.1. The number of rotatable bonds is 6. The molecule has 19 heavy (non-hydrogen) atoms. The Morgan fingerprint density at radius 3 is 2.42 bits per heavy atom. The summed E-state index contributed by atoms with van der Waals surface area (Å²) < 4.78 is 4.84. The number of carbonyl (C=O) groups is 2. The fraction of sp³-hybridized carbons (Fsp3) is 0.833. The second kappa shape index (κ2) is 7.96. The molecule has 0 aromatic rings. The van der Waals surface area contributed by atoms with Crippen LogP contribution in [0.1, 0.15) is 13.8 Å². The molecule has 0 radical (unpaired) electrons. The van der Waals surface area contributed by atoms with Crippen LogP contribution in [0.2, 0.25) is 0 Å². The topological polar surface area (TPSA) is 82.1 Å². The molecule has 2 amide bonds. The van der Waals surface area contributed by atoms with Gasteiger partial charge < -0.3 is 20.1 Å². The molecule has 7 nitrogen and oxygen atoms in total. The summed E-state index contributed by atoms with van der Waals surface area (Å²) in [6, 6.07) is 0.400. The van der Waals surface area contributed by atoms with Crippen LogP contribution in [0.4, 0.5) is 4.79 Å². The van der Waals surface area contributed by atoms with Crippen molar-refractivity contribution in [1.29, 1.82) is 0 Å². The zero-order valence-electron chi connectivity index (χ0n) is 11.6. The van der Waals surface area contributed by atoms with E-state index in [4.69, 9.17) is 9.84 Å². The summed E-state index contributed by atoms with van der Waals surface area (Å²) in [5.41, 5.74) is 0. The molecule has 0 aliphatic carbocycles. The highest BCUT2D eigenvalue weighted by atomic mass is 16.5. The first-order valence-electron chi connectivity index (χ1n) is 6.57. The number of nitrogens with one attached hydrogen (secondary N) is 1. The Balaban J connectivity index is 2.12. The Bertz CT molecular complexity index is 301. The molecular weight excluding hydrogens is 250 g/mol. The highest BCUT2D eigenvalue weighted by Gasteiger charge is 2.21. The highest BCUT2D eigenvalue weighted by molar-refractivity contribution is 5.74. The van der Waals surface area contributed by atoms with E-state index in [1.54, 1.807) is 4.90 Å². The quantitative estimate of drug-likeness (QED) is 0.656. The van der Waals surface area contributed by atoms with E-state index >= 15 is 0 Å². The van der Waals surface area contributed by atoms with Crippen molar-refractivity contribution < 1.29 is 19.4 Å². The number of piperazine rings is 1. The smallest absolute Gasteiger partial charge is 0.329 e. The molecule has 0 saturated carbocycles. The monoisotopic (exact) mass is 273 g/mol. The van der Waals surface area contributed by atoms with E-state index in [9.17, 15) is 9.59 Å². The Morgan fingerprint density at radius 2 is 1.89 bits per heavy atom. The number of carboxylic acid groups (broad SMARTS) is 1. The number of hydrogen-bond acceptors (Lipinski definition) is 4. The van der Waals surface area contributed by atoms with Gasteiger partial charge in [-0.1, -0.05) is 0 Å². The fourth-order valence-corrected chi connectivity index (χ4v) is 1.94. The van der Waals surface area contributed by atoms with E-state index in [0.29, 0.717) is 12.6 Å². The third-order valence-electron chi connectivity index (χ3n) is 3.08. The number of carboxylic acids is 1. The number of nitrogens with zero attached hydrogens (tertiary/aromatic N) is 2. The highest BCUT2D eigenvalue weighted by Crippen LogP contribution is 2.05. The normalized spacial score (nSPS) is 16.7. The molecular formula is C12H23N3O4. The molecule has 1 aliphatic heterocycles. The SMILES string of the molecule is CC(C)N1CCN(C(=O)NCCOCC(=O)O)CC1. The molecule has 0 unspecified atom stereocenters. The van der Waals surface area contributed by atoms with Crippen molar-refractivity contribution in [3.63, 3.8) is 0 Å². The Labute approximate surface area is 113 Å². The van der Waals surface area contributed by atoms with Crippen LogP contribution < -0.4 is 5.32 Å². The van der Waals surface area contributed by atoms with E-state index in [-0.39, 0.29) is 19.2 Å². The second-order valence-electron chi connectivity index (χ2n) is 4.80. The minimum atomic E-state index is -1.00. The number of urea groups is 1. The summed E-state index contributed by atoms with van der Waals surface area (Å²) in [6.45, 7) is 7.73. The lowest BCUT2D eigenvalue weighted by molar-refractivity contribution is -0.142. The summed E-state index contributed by atoms with van der Waals surface area (Å²) in [5.74, 6) is -1.00. The van der Waals surface area contributed by atoms with Crippen LogP contribution in [-0.2, 0) is 9.53 Å².